The van der Waals surface area contributed by atoms with E-state index >= 15 is 0 Å². The highest BCUT2D eigenvalue weighted by molar-refractivity contribution is 9.10. The summed E-state index contributed by atoms with van der Waals surface area (Å²) in [5.74, 6) is 0.335. The second kappa shape index (κ2) is 7.53. The summed E-state index contributed by atoms with van der Waals surface area (Å²) in [7, 11) is 0. The van der Waals surface area contributed by atoms with E-state index < -0.39 is 0 Å². The van der Waals surface area contributed by atoms with Crippen LogP contribution in [0.2, 0.25) is 0 Å². The summed E-state index contributed by atoms with van der Waals surface area (Å²) in [4.78, 5) is 0. The van der Waals surface area contributed by atoms with Gasteiger partial charge in [0.25, 0.3) is 0 Å². The van der Waals surface area contributed by atoms with Gasteiger partial charge >= 0.3 is 0 Å². The first kappa shape index (κ1) is 15.9. The summed E-state index contributed by atoms with van der Waals surface area (Å²) in [5.41, 5.74) is 1.03. The molecule has 1 aromatic carbocycles. The zero-order chi connectivity index (χ0) is 14.5. The summed E-state index contributed by atoms with van der Waals surface area (Å²) in [5, 5.41) is 3.56. The van der Waals surface area contributed by atoms with E-state index in [0.29, 0.717) is 18.1 Å². The monoisotopic (exact) mass is 343 g/mol. The van der Waals surface area contributed by atoms with E-state index in [4.69, 9.17) is 4.74 Å². The molecule has 3 unspecified atom stereocenters. The lowest BCUT2D eigenvalue weighted by Crippen LogP contribution is -2.41. The van der Waals surface area contributed by atoms with Gasteiger partial charge in [0.05, 0.1) is 6.10 Å². The van der Waals surface area contributed by atoms with E-state index in [9.17, 15) is 4.39 Å². The van der Waals surface area contributed by atoms with Gasteiger partial charge in [0, 0.05) is 23.0 Å². The SMILES string of the molecule is CCNC(Cc1cc(F)cc(Br)c1)C1CCOC1CC. The Morgan fingerprint density at radius 3 is 2.85 bits per heavy atom. The van der Waals surface area contributed by atoms with Crippen molar-refractivity contribution in [1.82, 2.24) is 5.32 Å². The summed E-state index contributed by atoms with van der Waals surface area (Å²) in [6.07, 6.45) is 3.30. The predicted molar refractivity (Wildman–Crippen MR) is 83.4 cm³/mol. The fraction of sp³-hybridized carbons (Fsp3) is 0.625. The molecule has 1 aromatic rings. The van der Waals surface area contributed by atoms with E-state index in [2.05, 4.69) is 35.1 Å². The molecule has 0 aliphatic carbocycles. The van der Waals surface area contributed by atoms with Crippen molar-refractivity contribution in [2.75, 3.05) is 13.2 Å². The normalized spacial score (nSPS) is 24.0. The molecule has 1 aliphatic rings. The molecule has 0 amide bonds. The van der Waals surface area contributed by atoms with Crippen molar-refractivity contribution in [3.63, 3.8) is 0 Å². The molecule has 1 N–H and O–H groups in total. The van der Waals surface area contributed by atoms with E-state index in [1.54, 1.807) is 6.07 Å². The van der Waals surface area contributed by atoms with Gasteiger partial charge in [0.2, 0.25) is 0 Å². The van der Waals surface area contributed by atoms with Gasteiger partial charge in [0.1, 0.15) is 5.82 Å². The van der Waals surface area contributed by atoms with Crippen LogP contribution in [0.1, 0.15) is 32.3 Å². The van der Waals surface area contributed by atoms with Gasteiger partial charge < -0.3 is 10.1 Å². The van der Waals surface area contributed by atoms with Crippen LogP contribution in [-0.4, -0.2) is 25.3 Å². The van der Waals surface area contributed by atoms with Crippen LogP contribution in [0.5, 0.6) is 0 Å². The van der Waals surface area contributed by atoms with Crippen LogP contribution < -0.4 is 5.32 Å². The maximum absolute atomic E-state index is 13.5. The molecule has 20 heavy (non-hydrogen) atoms. The smallest absolute Gasteiger partial charge is 0.124 e. The van der Waals surface area contributed by atoms with Crippen LogP contribution in [0.25, 0.3) is 0 Å². The van der Waals surface area contributed by atoms with Crippen molar-refractivity contribution < 1.29 is 9.13 Å². The Kier molecular flexibility index (Phi) is 6.00. The highest BCUT2D eigenvalue weighted by atomic mass is 79.9. The Hall–Kier alpha value is -0.450. The molecular formula is C16H23BrFNO. The fourth-order valence-corrected chi connectivity index (χ4v) is 3.68. The quantitative estimate of drug-likeness (QED) is 0.845. The summed E-state index contributed by atoms with van der Waals surface area (Å²) in [6, 6.07) is 5.48. The number of nitrogens with one attached hydrogen (secondary N) is 1. The first-order valence-corrected chi connectivity index (χ1v) is 8.23. The molecule has 0 spiro atoms. The van der Waals surface area contributed by atoms with Gasteiger partial charge in [-0.1, -0.05) is 29.8 Å². The standard InChI is InChI=1S/C16H23BrFNO/c1-3-16-14(5-6-20-16)15(19-4-2)9-11-7-12(17)10-13(18)8-11/h7-8,10,14-16,19H,3-6,9H2,1-2H3. The predicted octanol–water partition coefficient (Wildman–Crippen LogP) is 3.92. The van der Waals surface area contributed by atoms with Crippen LogP contribution in [-0.2, 0) is 11.2 Å². The van der Waals surface area contributed by atoms with Crippen LogP contribution in [0.4, 0.5) is 4.39 Å². The van der Waals surface area contributed by atoms with E-state index in [1.807, 2.05) is 6.07 Å². The molecule has 1 saturated heterocycles. The van der Waals surface area contributed by atoms with Crippen LogP contribution in [0, 0.1) is 11.7 Å². The van der Waals surface area contributed by atoms with Crippen LogP contribution >= 0.6 is 15.9 Å². The highest BCUT2D eigenvalue weighted by Gasteiger charge is 2.33. The lowest BCUT2D eigenvalue weighted by molar-refractivity contribution is 0.0776. The van der Waals surface area contributed by atoms with Gasteiger partial charge in [-0.3, -0.25) is 0 Å². The van der Waals surface area contributed by atoms with E-state index in [1.165, 1.54) is 6.07 Å². The Morgan fingerprint density at radius 1 is 1.40 bits per heavy atom. The molecule has 1 aliphatic heterocycles. The van der Waals surface area contributed by atoms with Crippen molar-refractivity contribution in [2.45, 2.75) is 45.3 Å². The van der Waals surface area contributed by atoms with E-state index in [0.717, 1.165) is 42.5 Å². The molecular weight excluding hydrogens is 321 g/mol. The Bertz CT molecular complexity index is 420. The minimum atomic E-state index is -0.181. The van der Waals surface area contributed by atoms with Gasteiger partial charge in [0.15, 0.2) is 0 Å². The third-order valence-electron chi connectivity index (χ3n) is 4.02. The number of rotatable bonds is 6. The lowest BCUT2D eigenvalue weighted by atomic mass is 9.87. The average molecular weight is 344 g/mol. The minimum absolute atomic E-state index is 0.181. The zero-order valence-corrected chi connectivity index (χ0v) is 13.7. The first-order chi connectivity index (χ1) is 9.63. The molecule has 112 valence electrons. The number of hydrogen-bond acceptors (Lipinski definition) is 2. The summed E-state index contributed by atoms with van der Waals surface area (Å²) < 4.78 is 20.1. The summed E-state index contributed by atoms with van der Waals surface area (Å²) >= 11 is 3.37. The largest absolute Gasteiger partial charge is 0.378 e. The van der Waals surface area contributed by atoms with Crippen LogP contribution in [0.3, 0.4) is 0 Å². The summed E-state index contributed by atoms with van der Waals surface area (Å²) in [6.45, 7) is 6.06. The van der Waals surface area contributed by atoms with Crippen molar-refractivity contribution in [1.29, 1.82) is 0 Å². The lowest BCUT2D eigenvalue weighted by Gasteiger charge is -2.28. The van der Waals surface area contributed by atoms with Crippen molar-refractivity contribution in [2.24, 2.45) is 5.92 Å². The highest BCUT2D eigenvalue weighted by Crippen LogP contribution is 2.29. The van der Waals surface area contributed by atoms with Gasteiger partial charge in [-0.05, 0) is 49.6 Å². The average Bonchev–Trinajstić information content (AvgIpc) is 2.85. The second-order valence-electron chi connectivity index (χ2n) is 5.42. The fourth-order valence-electron chi connectivity index (χ4n) is 3.17. The zero-order valence-electron chi connectivity index (χ0n) is 12.2. The third kappa shape index (κ3) is 4.03. The molecule has 1 fully saturated rings. The number of likely N-dealkylation sites (N-methyl/N-ethyl adjacent to an activating group) is 1. The van der Waals surface area contributed by atoms with Crippen molar-refractivity contribution in [3.8, 4) is 0 Å². The van der Waals surface area contributed by atoms with Gasteiger partial charge in [-0.2, -0.15) is 0 Å². The first-order valence-electron chi connectivity index (χ1n) is 7.44. The van der Waals surface area contributed by atoms with Crippen molar-refractivity contribution in [3.05, 3.63) is 34.1 Å². The molecule has 0 saturated carbocycles. The Labute approximate surface area is 129 Å². The Morgan fingerprint density at radius 2 is 2.20 bits per heavy atom. The van der Waals surface area contributed by atoms with Gasteiger partial charge in [-0.15, -0.1) is 0 Å². The molecule has 3 atom stereocenters. The molecule has 0 aromatic heterocycles. The van der Waals surface area contributed by atoms with Crippen molar-refractivity contribution >= 4 is 15.9 Å². The molecule has 1 heterocycles. The molecule has 0 bridgehead atoms. The van der Waals surface area contributed by atoms with E-state index in [-0.39, 0.29) is 5.82 Å². The third-order valence-corrected chi connectivity index (χ3v) is 4.48. The molecule has 2 rings (SSSR count). The molecule has 0 radical (unpaired) electrons. The number of halogens is 2. The second-order valence-corrected chi connectivity index (χ2v) is 6.33. The Balaban J connectivity index is 2.12. The minimum Gasteiger partial charge on any atom is -0.378 e. The topological polar surface area (TPSA) is 21.3 Å². The maximum atomic E-state index is 13.5. The van der Waals surface area contributed by atoms with Crippen LogP contribution in [0.15, 0.2) is 22.7 Å². The van der Waals surface area contributed by atoms with Gasteiger partial charge in [-0.25, -0.2) is 4.39 Å². The number of benzene rings is 1. The molecule has 2 nitrogen and oxygen atoms in total. The number of ether oxygens (including phenoxy) is 1. The number of hydrogen-bond donors (Lipinski definition) is 1. The maximum Gasteiger partial charge on any atom is 0.124 e. The molecule has 4 heteroatoms.